The number of hydrogen-bond donors (Lipinski definition) is 0. The summed E-state index contributed by atoms with van der Waals surface area (Å²) in [6.07, 6.45) is 0. The third-order valence-corrected chi connectivity index (χ3v) is 11.2. The van der Waals surface area contributed by atoms with Crippen molar-refractivity contribution in [3.05, 3.63) is 164 Å². The van der Waals surface area contributed by atoms with Gasteiger partial charge in [-0.25, -0.2) is 0 Å². The lowest BCUT2D eigenvalue weighted by molar-refractivity contribution is 0.00578. The van der Waals surface area contributed by atoms with E-state index in [0.29, 0.717) is 0 Å². The summed E-state index contributed by atoms with van der Waals surface area (Å²) in [5.74, 6) is 0. The first-order valence-corrected chi connectivity index (χ1v) is 17.9. The highest BCUT2D eigenvalue weighted by Crippen LogP contribution is 2.45. The molecule has 51 heavy (non-hydrogen) atoms. The minimum atomic E-state index is -0.478. The lowest BCUT2D eigenvalue weighted by Crippen LogP contribution is -2.41. The van der Waals surface area contributed by atoms with Gasteiger partial charge in [-0.3, -0.25) is 0 Å². The summed E-state index contributed by atoms with van der Waals surface area (Å²) in [7, 11) is -0.478. The molecule has 0 radical (unpaired) electrons. The molecule has 0 aromatic heterocycles. The molecule has 1 aliphatic heterocycles. The summed E-state index contributed by atoms with van der Waals surface area (Å²) < 4.78 is 13.4. The van der Waals surface area contributed by atoms with Crippen LogP contribution in [0.1, 0.15) is 27.7 Å². The van der Waals surface area contributed by atoms with Gasteiger partial charge in [-0.15, -0.1) is 0 Å². The molecule has 0 saturated carbocycles. The molecule has 0 spiro atoms. The Balaban J connectivity index is 1.29. The van der Waals surface area contributed by atoms with Gasteiger partial charge in [0.1, 0.15) is 0 Å². The van der Waals surface area contributed by atoms with E-state index in [9.17, 15) is 0 Å². The van der Waals surface area contributed by atoms with Gasteiger partial charge in [0, 0.05) is 0 Å². The molecule has 0 bridgehead atoms. The van der Waals surface area contributed by atoms with E-state index in [0.717, 1.165) is 16.2 Å². The fourth-order valence-corrected chi connectivity index (χ4v) is 7.86. The first-order chi connectivity index (χ1) is 24.8. The van der Waals surface area contributed by atoms with Crippen LogP contribution in [0.3, 0.4) is 0 Å². The van der Waals surface area contributed by atoms with Crippen molar-refractivity contribution in [1.82, 2.24) is 0 Å². The van der Waals surface area contributed by atoms with Crippen molar-refractivity contribution in [2.45, 2.75) is 38.9 Å². The molecule has 0 unspecified atom stereocenters. The highest BCUT2D eigenvalue weighted by atomic mass is 16.7. The fourth-order valence-electron chi connectivity index (χ4n) is 7.86. The topological polar surface area (TPSA) is 18.5 Å². The predicted molar refractivity (Wildman–Crippen MR) is 216 cm³/mol. The molecule has 1 heterocycles. The second-order valence-corrected chi connectivity index (χ2v) is 14.7. The molecule has 0 aliphatic carbocycles. The quantitative estimate of drug-likeness (QED) is 0.135. The average Bonchev–Trinajstić information content (AvgIpc) is 3.39. The Bertz CT molecular complexity index is 2520. The Hall–Kier alpha value is -5.48. The first kappa shape index (κ1) is 31.5. The summed E-state index contributed by atoms with van der Waals surface area (Å²) in [6.45, 7) is 8.49. The normalized spacial score (nSPS) is 15.2. The van der Waals surface area contributed by atoms with Crippen molar-refractivity contribution >= 4 is 44.9 Å². The van der Waals surface area contributed by atoms with Crippen LogP contribution >= 0.6 is 0 Å². The minimum Gasteiger partial charge on any atom is -0.399 e. The van der Waals surface area contributed by atoms with Crippen LogP contribution < -0.4 is 5.46 Å². The van der Waals surface area contributed by atoms with Crippen molar-refractivity contribution in [2.75, 3.05) is 0 Å². The van der Waals surface area contributed by atoms with E-state index in [2.05, 4.69) is 191 Å². The summed E-state index contributed by atoms with van der Waals surface area (Å²) in [4.78, 5) is 0. The van der Waals surface area contributed by atoms with Crippen molar-refractivity contribution in [2.24, 2.45) is 0 Å². The van der Waals surface area contributed by atoms with Crippen LogP contribution in [0, 0.1) is 0 Å². The zero-order valence-electron chi connectivity index (χ0n) is 29.5. The maximum absolute atomic E-state index is 6.71. The van der Waals surface area contributed by atoms with Crippen LogP contribution in [-0.4, -0.2) is 18.3 Å². The van der Waals surface area contributed by atoms with Crippen molar-refractivity contribution in [1.29, 1.82) is 0 Å². The SMILES string of the molecule is CC1(C)OB(c2c3ccccc3c(-c3ccc(-c4ccc(-c5ccccc5)cc4-c4ccccc4)c4ccccc34)c3ccccc23)OC1(C)C. The average molecular weight is 659 g/mol. The van der Waals surface area contributed by atoms with Crippen molar-refractivity contribution in [3.8, 4) is 44.5 Å². The van der Waals surface area contributed by atoms with Gasteiger partial charge in [0.05, 0.1) is 11.2 Å². The molecular weight excluding hydrogens is 619 g/mol. The molecule has 1 aliphatic rings. The van der Waals surface area contributed by atoms with E-state index in [4.69, 9.17) is 9.31 Å². The monoisotopic (exact) mass is 658 g/mol. The van der Waals surface area contributed by atoms with E-state index in [1.807, 2.05) is 0 Å². The zero-order chi connectivity index (χ0) is 34.7. The highest BCUT2D eigenvalue weighted by molar-refractivity contribution is 6.69. The summed E-state index contributed by atoms with van der Waals surface area (Å²) in [5, 5.41) is 7.14. The maximum atomic E-state index is 6.71. The smallest absolute Gasteiger partial charge is 0.399 e. The molecular formula is C48H39BO2. The Labute approximate surface area is 300 Å². The van der Waals surface area contributed by atoms with Crippen molar-refractivity contribution in [3.63, 3.8) is 0 Å². The predicted octanol–water partition coefficient (Wildman–Crippen LogP) is 12.1. The first-order valence-electron chi connectivity index (χ1n) is 17.9. The van der Waals surface area contributed by atoms with E-state index >= 15 is 0 Å². The van der Waals surface area contributed by atoms with Crippen molar-refractivity contribution < 1.29 is 9.31 Å². The van der Waals surface area contributed by atoms with Gasteiger partial charge in [0.15, 0.2) is 0 Å². The maximum Gasteiger partial charge on any atom is 0.496 e. The number of hydrogen-bond acceptors (Lipinski definition) is 2. The molecule has 0 N–H and O–H groups in total. The van der Waals surface area contributed by atoms with Gasteiger partial charge < -0.3 is 9.31 Å². The van der Waals surface area contributed by atoms with Gasteiger partial charge in [0.25, 0.3) is 0 Å². The Morgan fingerprint density at radius 1 is 0.353 bits per heavy atom. The number of fused-ring (bicyclic) bond motifs is 3. The molecule has 9 rings (SSSR count). The van der Waals surface area contributed by atoms with E-state index in [-0.39, 0.29) is 0 Å². The molecule has 1 saturated heterocycles. The van der Waals surface area contributed by atoms with Gasteiger partial charge >= 0.3 is 7.12 Å². The second-order valence-electron chi connectivity index (χ2n) is 14.7. The summed E-state index contributed by atoms with van der Waals surface area (Å²) >= 11 is 0. The third kappa shape index (κ3) is 5.19. The third-order valence-electron chi connectivity index (χ3n) is 11.2. The molecule has 0 amide bonds. The Kier molecular flexibility index (Phi) is 7.47. The van der Waals surface area contributed by atoms with E-state index in [1.54, 1.807) is 0 Å². The molecule has 8 aromatic rings. The van der Waals surface area contributed by atoms with Crippen LogP contribution in [-0.2, 0) is 9.31 Å². The molecule has 3 heteroatoms. The van der Waals surface area contributed by atoms with Crippen LogP contribution in [0.2, 0.25) is 0 Å². The minimum absolute atomic E-state index is 0.442. The van der Waals surface area contributed by atoms with E-state index in [1.165, 1.54) is 66.1 Å². The molecule has 246 valence electrons. The number of benzene rings is 8. The Morgan fingerprint density at radius 3 is 1.35 bits per heavy atom. The van der Waals surface area contributed by atoms with Gasteiger partial charge in [-0.05, 0) is 116 Å². The van der Waals surface area contributed by atoms with Gasteiger partial charge in [-0.1, -0.05) is 158 Å². The molecule has 8 aromatic carbocycles. The summed E-state index contributed by atoms with van der Waals surface area (Å²) in [6, 6.07) is 59.3. The van der Waals surface area contributed by atoms with Gasteiger partial charge in [0.2, 0.25) is 0 Å². The highest BCUT2D eigenvalue weighted by Gasteiger charge is 2.52. The Morgan fingerprint density at radius 2 is 0.784 bits per heavy atom. The number of rotatable bonds is 5. The van der Waals surface area contributed by atoms with Crippen LogP contribution in [0.15, 0.2) is 164 Å². The summed E-state index contributed by atoms with van der Waals surface area (Å²) in [5.41, 5.74) is 9.93. The zero-order valence-corrected chi connectivity index (χ0v) is 29.5. The molecule has 1 fully saturated rings. The molecule has 2 nitrogen and oxygen atoms in total. The van der Waals surface area contributed by atoms with E-state index < -0.39 is 18.3 Å². The van der Waals surface area contributed by atoms with Crippen LogP contribution in [0.4, 0.5) is 0 Å². The fraction of sp³-hybridized carbons (Fsp3) is 0.125. The van der Waals surface area contributed by atoms with Crippen LogP contribution in [0.25, 0.3) is 76.8 Å². The lowest BCUT2D eigenvalue weighted by Gasteiger charge is -2.32. The van der Waals surface area contributed by atoms with Gasteiger partial charge in [-0.2, -0.15) is 0 Å². The standard InChI is InChI=1S/C48H39BO2/c1-47(2)48(3,4)51-49(50-47)46-42-25-15-13-23-39(42)45(40-24-14-16-26-43(40)46)41-30-29-37(35-21-11-12-22-36(35)41)38-28-27-34(32-17-7-5-8-18-32)31-44(38)33-19-9-6-10-20-33/h5-31H,1-4H3. The van der Waals surface area contributed by atoms with Crippen LogP contribution in [0.5, 0.6) is 0 Å². The second kappa shape index (κ2) is 12.1. The lowest BCUT2D eigenvalue weighted by atomic mass is 9.71. The largest absolute Gasteiger partial charge is 0.496 e. The molecule has 0 atom stereocenters.